The van der Waals surface area contributed by atoms with Crippen LogP contribution in [-0.2, 0) is 11.3 Å². The Labute approximate surface area is 117 Å². The Balaban J connectivity index is 2.48. The van der Waals surface area contributed by atoms with Crippen LogP contribution in [-0.4, -0.2) is 33.0 Å². The average Bonchev–Trinajstić information content (AvgIpc) is 2.30. The van der Waals surface area contributed by atoms with Crippen LogP contribution in [0.25, 0.3) is 0 Å². The van der Waals surface area contributed by atoms with E-state index in [9.17, 15) is 13.2 Å². The topological polar surface area (TPSA) is 30.5 Å². The highest BCUT2D eigenvalue weighted by molar-refractivity contribution is 5.43. The largest absolute Gasteiger partial charge is 0.491 e. The average molecular weight is 291 g/mol. The lowest BCUT2D eigenvalue weighted by Crippen LogP contribution is -2.19. The lowest BCUT2D eigenvalue weighted by atomic mass is 10.1. The number of rotatable bonds is 7. The molecule has 0 unspecified atom stereocenters. The zero-order valence-electron chi connectivity index (χ0n) is 11.9. The summed E-state index contributed by atoms with van der Waals surface area (Å²) in [5.41, 5.74) is 3.07. The second-order valence-electron chi connectivity index (χ2n) is 4.61. The molecule has 0 spiro atoms. The van der Waals surface area contributed by atoms with Gasteiger partial charge in [-0.1, -0.05) is 12.1 Å². The van der Waals surface area contributed by atoms with Gasteiger partial charge >= 0.3 is 6.18 Å². The van der Waals surface area contributed by atoms with Crippen molar-refractivity contribution in [1.29, 1.82) is 0 Å². The number of hydrogen-bond acceptors (Lipinski definition) is 3. The van der Waals surface area contributed by atoms with Gasteiger partial charge in [0.1, 0.15) is 19.0 Å². The summed E-state index contributed by atoms with van der Waals surface area (Å²) in [6.07, 6.45) is -4.29. The maximum absolute atomic E-state index is 11.9. The van der Waals surface area contributed by atoms with Gasteiger partial charge < -0.3 is 14.8 Å². The third-order valence-electron chi connectivity index (χ3n) is 2.64. The Kier molecular flexibility index (Phi) is 6.29. The quantitative estimate of drug-likeness (QED) is 0.783. The lowest BCUT2D eigenvalue weighted by Gasteiger charge is -2.14. The van der Waals surface area contributed by atoms with Crippen molar-refractivity contribution in [2.45, 2.75) is 26.6 Å². The summed E-state index contributed by atoms with van der Waals surface area (Å²) in [6, 6.07) is 3.99. The SMILES string of the molecule is CNCc1cc(C)c(OCCOCC(F)(F)F)c(C)c1. The minimum absolute atomic E-state index is 0.0866. The van der Waals surface area contributed by atoms with E-state index in [0.717, 1.165) is 23.2 Å². The Morgan fingerprint density at radius 3 is 2.20 bits per heavy atom. The molecule has 1 N–H and O–H groups in total. The van der Waals surface area contributed by atoms with E-state index >= 15 is 0 Å². The highest BCUT2D eigenvalue weighted by Crippen LogP contribution is 2.24. The zero-order valence-corrected chi connectivity index (χ0v) is 11.9. The Morgan fingerprint density at radius 2 is 1.70 bits per heavy atom. The third kappa shape index (κ3) is 5.79. The van der Waals surface area contributed by atoms with Gasteiger partial charge in [0.15, 0.2) is 0 Å². The van der Waals surface area contributed by atoms with E-state index in [-0.39, 0.29) is 13.2 Å². The van der Waals surface area contributed by atoms with Gasteiger partial charge in [-0.05, 0) is 37.6 Å². The van der Waals surface area contributed by atoms with E-state index in [1.54, 1.807) is 0 Å². The van der Waals surface area contributed by atoms with Crippen LogP contribution in [0.4, 0.5) is 13.2 Å². The smallest absolute Gasteiger partial charge is 0.411 e. The van der Waals surface area contributed by atoms with Crippen LogP contribution in [0.5, 0.6) is 5.75 Å². The molecule has 0 saturated carbocycles. The first-order valence-corrected chi connectivity index (χ1v) is 6.35. The Morgan fingerprint density at radius 1 is 1.10 bits per heavy atom. The third-order valence-corrected chi connectivity index (χ3v) is 2.64. The highest BCUT2D eigenvalue weighted by Gasteiger charge is 2.27. The monoisotopic (exact) mass is 291 g/mol. The van der Waals surface area contributed by atoms with Gasteiger partial charge in [0.2, 0.25) is 0 Å². The molecule has 0 bridgehead atoms. The van der Waals surface area contributed by atoms with Crippen LogP contribution in [0.15, 0.2) is 12.1 Å². The number of ether oxygens (including phenoxy) is 2. The first kappa shape index (κ1) is 16.8. The molecule has 0 amide bonds. The molecule has 0 saturated heterocycles. The molecule has 0 aliphatic carbocycles. The molecule has 0 aliphatic heterocycles. The van der Waals surface area contributed by atoms with Crippen LogP contribution in [0, 0.1) is 13.8 Å². The molecule has 0 heterocycles. The van der Waals surface area contributed by atoms with Crippen LogP contribution in [0.2, 0.25) is 0 Å². The van der Waals surface area contributed by atoms with Crippen molar-refractivity contribution in [3.63, 3.8) is 0 Å². The molecular weight excluding hydrogens is 271 g/mol. The Hall–Kier alpha value is -1.27. The fourth-order valence-electron chi connectivity index (χ4n) is 1.96. The number of benzene rings is 1. The maximum atomic E-state index is 11.9. The van der Waals surface area contributed by atoms with Gasteiger partial charge in [0.05, 0.1) is 6.61 Å². The van der Waals surface area contributed by atoms with Gasteiger partial charge in [-0.2, -0.15) is 13.2 Å². The Bertz CT molecular complexity index is 410. The number of halogens is 3. The number of aryl methyl sites for hydroxylation is 2. The predicted molar refractivity (Wildman–Crippen MR) is 71.0 cm³/mol. The molecule has 1 aromatic carbocycles. The van der Waals surface area contributed by atoms with Crippen molar-refractivity contribution in [2.24, 2.45) is 0 Å². The molecule has 6 heteroatoms. The molecule has 0 fully saturated rings. The van der Waals surface area contributed by atoms with Gasteiger partial charge in [0, 0.05) is 6.54 Å². The summed E-state index contributed by atoms with van der Waals surface area (Å²) in [6.45, 7) is 3.36. The van der Waals surface area contributed by atoms with Crippen molar-refractivity contribution in [3.05, 3.63) is 28.8 Å². The summed E-state index contributed by atoms with van der Waals surface area (Å²) < 4.78 is 45.6. The molecule has 0 aromatic heterocycles. The van der Waals surface area contributed by atoms with Gasteiger partial charge in [-0.3, -0.25) is 0 Å². The second kappa shape index (κ2) is 7.50. The van der Waals surface area contributed by atoms with Crippen LogP contribution in [0.3, 0.4) is 0 Å². The molecule has 114 valence electrons. The van der Waals surface area contributed by atoms with Gasteiger partial charge in [0.25, 0.3) is 0 Å². The van der Waals surface area contributed by atoms with Crippen molar-refractivity contribution in [1.82, 2.24) is 5.32 Å². The summed E-state index contributed by atoms with van der Waals surface area (Å²) in [4.78, 5) is 0. The molecule has 3 nitrogen and oxygen atoms in total. The summed E-state index contributed by atoms with van der Waals surface area (Å²) in [5, 5.41) is 3.06. The van der Waals surface area contributed by atoms with Gasteiger partial charge in [-0.15, -0.1) is 0 Å². The second-order valence-corrected chi connectivity index (χ2v) is 4.61. The predicted octanol–water partition coefficient (Wildman–Crippen LogP) is 2.98. The summed E-state index contributed by atoms with van der Waals surface area (Å²) in [5.74, 6) is 0.709. The first-order chi connectivity index (χ1) is 9.33. The fraction of sp³-hybridized carbons (Fsp3) is 0.571. The van der Waals surface area contributed by atoms with Crippen molar-refractivity contribution >= 4 is 0 Å². The van der Waals surface area contributed by atoms with E-state index in [1.807, 2.05) is 33.0 Å². The highest BCUT2D eigenvalue weighted by atomic mass is 19.4. The van der Waals surface area contributed by atoms with E-state index < -0.39 is 12.8 Å². The molecule has 1 aromatic rings. The van der Waals surface area contributed by atoms with Crippen LogP contribution in [0.1, 0.15) is 16.7 Å². The van der Waals surface area contributed by atoms with Crippen LogP contribution >= 0.6 is 0 Å². The van der Waals surface area contributed by atoms with Crippen molar-refractivity contribution in [3.8, 4) is 5.75 Å². The molecule has 0 atom stereocenters. The molecule has 1 rings (SSSR count). The standard InChI is InChI=1S/C14H20F3NO2/c1-10-6-12(8-18-3)7-11(2)13(10)20-5-4-19-9-14(15,16)17/h6-7,18H,4-5,8-9H2,1-3H3. The van der Waals surface area contributed by atoms with Crippen LogP contribution < -0.4 is 10.1 Å². The minimum atomic E-state index is -4.29. The lowest BCUT2D eigenvalue weighted by molar-refractivity contribution is -0.175. The normalized spacial score (nSPS) is 11.7. The van der Waals surface area contributed by atoms with Crippen molar-refractivity contribution in [2.75, 3.05) is 26.9 Å². The zero-order chi connectivity index (χ0) is 15.2. The summed E-state index contributed by atoms with van der Waals surface area (Å²) in [7, 11) is 1.87. The number of alkyl halides is 3. The van der Waals surface area contributed by atoms with Gasteiger partial charge in [-0.25, -0.2) is 0 Å². The molecule has 20 heavy (non-hydrogen) atoms. The number of hydrogen-bond donors (Lipinski definition) is 1. The summed E-state index contributed by atoms with van der Waals surface area (Å²) >= 11 is 0. The first-order valence-electron chi connectivity index (χ1n) is 6.35. The van der Waals surface area contributed by atoms with E-state index in [1.165, 1.54) is 0 Å². The molecular formula is C14H20F3NO2. The maximum Gasteiger partial charge on any atom is 0.411 e. The number of nitrogens with one attached hydrogen (secondary N) is 1. The molecule has 0 aliphatic rings. The van der Waals surface area contributed by atoms with E-state index in [0.29, 0.717) is 5.75 Å². The fourth-order valence-corrected chi connectivity index (χ4v) is 1.96. The minimum Gasteiger partial charge on any atom is -0.491 e. The van der Waals surface area contributed by atoms with E-state index in [2.05, 4.69) is 10.1 Å². The molecule has 0 radical (unpaired) electrons. The van der Waals surface area contributed by atoms with E-state index in [4.69, 9.17) is 4.74 Å². The van der Waals surface area contributed by atoms with Crippen molar-refractivity contribution < 1.29 is 22.6 Å².